The number of nitrogens with zero attached hydrogens (tertiary/aromatic N) is 1. The first kappa shape index (κ1) is 15.0. The predicted octanol–water partition coefficient (Wildman–Crippen LogP) is 1.13. The molecule has 0 aliphatic carbocycles. The van der Waals surface area contributed by atoms with Crippen LogP contribution in [0.25, 0.3) is 0 Å². The fraction of sp³-hybridized carbons (Fsp3) is 0.462. The molecule has 7 heteroatoms. The molecule has 0 spiro atoms. The molecule has 0 radical (unpaired) electrons. The first-order valence-electron chi connectivity index (χ1n) is 6.56. The smallest absolute Gasteiger partial charge is 0.326 e. The normalized spacial score (nSPS) is 18.6. The van der Waals surface area contributed by atoms with Gasteiger partial charge in [0.2, 0.25) is 0 Å². The summed E-state index contributed by atoms with van der Waals surface area (Å²) in [7, 11) is -3.77. The molecule has 0 saturated carbocycles. The number of carboxylic acid groups (broad SMARTS) is 1. The van der Waals surface area contributed by atoms with E-state index < -0.39 is 22.2 Å². The van der Waals surface area contributed by atoms with Crippen LogP contribution in [-0.4, -0.2) is 36.9 Å². The van der Waals surface area contributed by atoms with Gasteiger partial charge in [-0.3, -0.25) is 4.79 Å². The number of hydrogen-bond donors (Lipinski definition) is 2. The Morgan fingerprint density at radius 2 is 1.75 bits per heavy atom. The van der Waals surface area contributed by atoms with Gasteiger partial charge in [-0.05, 0) is 18.4 Å². The maximum atomic E-state index is 12.2. The van der Waals surface area contributed by atoms with Crippen LogP contribution in [0.3, 0.4) is 0 Å². The third-order valence-electron chi connectivity index (χ3n) is 3.30. The molecule has 1 aliphatic heterocycles. The van der Waals surface area contributed by atoms with Crippen molar-refractivity contribution in [3.05, 3.63) is 35.9 Å². The molecule has 1 saturated heterocycles. The van der Waals surface area contributed by atoms with E-state index in [1.54, 1.807) is 30.3 Å². The Morgan fingerprint density at radius 1 is 1.15 bits per heavy atom. The standard InChI is InChI=1S/C13H18N2O4S/c16-13(17)12(11-7-3-1-4-8-11)14-20(18,19)15-9-5-2-6-10-15/h1,3-4,7-8,12,14H,2,5-6,9-10H2,(H,16,17)/t12-/m1/s1. The molecule has 1 aromatic carbocycles. The van der Waals surface area contributed by atoms with E-state index in [9.17, 15) is 18.3 Å². The van der Waals surface area contributed by atoms with Gasteiger partial charge in [-0.2, -0.15) is 17.4 Å². The van der Waals surface area contributed by atoms with Crippen molar-refractivity contribution in [1.29, 1.82) is 0 Å². The minimum absolute atomic E-state index is 0.417. The van der Waals surface area contributed by atoms with Crippen LogP contribution >= 0.6 is 0 Å². The Morgan fingerprint density at radius 3 is 2.30 bits per heavy atom. The fourth-order valence-corrected chi connectivity index (χ4v) is 3.66. The van der Waals surface area contributed by atoms with Crippen molar-refractivity contribution in [3.63, 3.8) is 0 Å². The van der Waals surface area contributed by atoms with Gasteiger partial charge in [0.05, 0.1) is 0 Å². The lowest BCUT2D eigenvalue weighted by molar-refractivity contribution is -0.139. The minimum atomic E-state index is -3.77. The Bertz CT molecular complexity index is 553. The van der Waals surface area contributed by atoms with E-state index in [0.717, 1.165) is 19.3 Å². The summed E-state index contributed by atoms with van der Waals surface area (Å²) in [4.78, 5) is 11.3. The van der Waals surface area contributed by atoms with Gasteiger partial charge >= 0.3 is 5.97 Å². The lowest BCUT2D eigenvalue weighted by Crippen LogP contribution is -2.46. The first-order chi connectivity index (χ1) is 9.50. The molecule has 2 N–H and O–H groups in total. The molecule has 110 valence electrons. The molecule has 1 aliphatic rings. The van der Waals surface area contributed by atoms with E-state index in [1.165, 1.54) is 4.31 Å². The monoisotopic (exact) mass is 298 g/mol. The molecule has 2 rings (SSSR count). The fourth-order valence-electron chi connectivity index (χ4n) is 2.24. The summed E-state index contributed by atoms with van der Waals surface area (Å²) in [6.07, 6.45) is 2.63. The van der Waals surface area contributed by atoms with Gasteiger partial charge in [-0.15, -0.1) is 0 Å². The van der Waals surface area contributed by atoms with Crippen molar-refractivity contribution in [2.24, 2.45) is 0 Å². The molecule has 1 heterocycles. The number of carboxylic acids is 1. The van der Waals surface area contributed by atoms with Crippen LogP contribution in [0, 0.1) is 0 Å². The maximum Gasteiger partial charge on any atom is 0.326 e. The summed E-state index contributed by atoms with van der Waals surface area (Å²) in [6.45, 7) is 0.882. The Labute approximate surface area is 118 Å². The second-order valence-corrected chi connectivity index (χ2v) is 6.47. The summed E-state index contributed by atoms with van der Waals surface area (Å²) in [5.74, 6) is -1.21. The summed E-state index contributed by atoms with van der Waals surface area (Å²) in [5.41, 5.74) is 0.417. The molecule has 0 amide bonds. The van der Waals surface area contributed by atoms with Crippen molar-refractivity contribution < 1.29 is 18.3 Å². The summed E-state index contributed by atoms with van der Waals surface area (Å²) >= 11 is 0. The second-order valence-electron chi connectivity index (χ2n) is 4.76. The molecule has 1 fully saturated rings. The highest BCUT2D eigenvalue weighted by Gasteiger charge is 2.30. The highest BCUT2D eigenvalue weighted by molar-refractivity contribution is 7.87. The molecule has 1 atom stereocenters. The molecule has 0 bridgehead atoms. The number of benzene rings is 1. The summed E-state index contributed by atoms with van der Waals surface area (Å²) in [6, 6.07) is 7.04. The van der Waals surface area contributed by atoms with Crippen molar-refractivity contribution in [2.45, 2.75) is 25.3 Å². The highest BCUT2D eigenvalue weighted by atomic mass is 32.2. The summed E-state index contributed by atoms with van der Waals surface area (Å²) in [5, 5.41) is 9.24. The zero-order valence-electron chi connectivity index (χ0n) is 11.0. The number of nitrogens with one attached hydrogen (secondary N) is 1. The van der Waals surface area contributed by atoms with Crippen LogP contribution in [0.1, 0.15) is 30.9 Å². The molecule has 1 aromatic rings. The van der Waals surface area contributed by atoms with Crippen molar-refractivity contribution >= 4 is 16.2 Å². The number of rotatable bonds is 5. The number of piperidine rings is 1. The lowest BCUT2D eigenvalue weighted by atomic mass is 10.1. The first-order valence-corrected chi connectivity index (χ1v) is 8.00. The van der Waals surface area contributed by atoms with Gasteiger partial charge in [-0.1, -0.05) is 36.8 Å². The van der Waals surface area contributed by atoms with Crippen molar-refractivity contribution in [3.8, 4) is 0 Å². The molecule has 20 heavy (non-hydrogen) atoms. The van der Waals surface area contributed by atoms with Gasteiger partial charge in [-0.25, -0.2) is 0 Å². The van der Waals surface area contributed by atoms with E-state index in [1.807, 2.05) is 0 Å². The third-order valence-corrected chi connectivity index (χ3v) is 4.88. The summed E-state index contributed by atoms with van der Waals surface area (Å²) < 4.78 is 28.0. The average Bonchev–Trinajstić information content (AvgIpc) is 2.46. The van der Waals surface area contributed by atoms with E-state index in [-0.39, 0.29) is 0 Å². The van der Waals surface area contributed by atoms with Crippen LogP contribution < -0.4 is 4.72 Å². The van der Waals surface area contributed by atoms with Crippen LogP contribution in [0.2, 0.25) is 0 Å². The van der Waals surface area contributed by atoms with Gasteiger partial charge in [0.25, 0.3) is 10.2 Å². The van der Waals surface area contributed by atoms with Gasteiger partial charge in [0, 0.05) is 13.1 Å². The zero-order chi connectivity index (χ0) is 14.6. The average molecular weight is 298 g/mol. The van der Waals surface area contributed by atoms with Crippen molar-refractivity contribution in [1.82, 2.24) is 9.03 Å². The number of aliphatic carboxylic acids is 1. The Balaban J connectivity index is 2.18. The molecule has 0 aromatic heterocycles. The molecular formula is C13H18N2O4S. The van der Waals surface area contributed by atoms with Gasteiger partial charge in [0.15, 0.2) is 0 Å². The lowest BCUT2D eigenvalue weighted by Gasteiger charge is -2.27. The largest absolute Gasteiger partial charge is 0.480 e. The molecular weight excluding hydrogens is 280 g/mol. The van der Waals surface area contributed by atoms with Crippen LogP contribution in [0.5, 0.6) is 0 Å². The molecule has 0 unspecified atom stereocenters. The maximum absolute atomic E-state index is 12.2. The Hall–Kier alpha value is -1.44. The predicted molar refractivity (Wildman–Crippen MR) is 74.3 cm³/mol. The third kappa shape index (κ3) is 3.56. The van der Waals surface area contributed by atoms with E-state index in [2.05, 4.69) is 4.72 Å². The van der Waals surface area contributed by atoms with Crippen LogP contribution in [0.4, 0.5) is 0 Å². The molecule has 6 nitrogen and oxygen atoms in total. The van der Waals surface area contributed by atoms with E-state index in [0.29, 0.717) is 18.7 Å². The SMILES string of the molecule is O=C(O)[C@H](NS(=O)(=O)N1CCCCC1)c1ccccc1. The Kier molecular flexibility index (Phi) is 4.74. The van der Waals surface area contributed by atoms with Crippen LogP contribution in [0.15, 0.2) is 30.3 Å². The van der Waals surface area contributed by atoms with Gasteiger partial charge < -0.3 is 5.11 Å². The van der Waals surface area contributed by atoms with Gasteiger partial charge in [0.1, 0.15) is 6.04 Å². The number of hydrogen-bond acceptors (Lipinski definition) is 3. The number of carbonyl (C=O) groups is 1. The minimum Gasteiger partial charge on any atom is -0.480 e. The van der Waals surface area contributed by atoms with E-state index in [4.69, 9.17) is 0 Å². The second kappa shape index (κ2) is 6.34. The topological polar surface area (TPSA) is 86.7 Å². The quantitative estimate of drug-likeness (QED) is 0.853. The highest BCUT2D eigenvalue weighted by Crippen LogP contribution is 2.17. The van der Waals surface area contributed by atoms with E-state index >= 15 is 0 Å². The zero-order valence-corrected chi connectivity index (χ0v) is 11.8. The van der Waals surface area contributed by atoms with Crippen molar-refractivity contribution in [2.75, 3.05) is 13.1 Å². The van der Waals surface area contributed by atoms with Crippen LogP contribution in [-0.2, 0) is 15.0 Å².